The molecule has 0 aliphatic carbocycles. The lowest BCUT2D eigenvalue weighted by atomic mass is 10.0. The summed E-state index contributed by atoms with van der Waals surface area (Å²) in [6.07, 6.45) is 10.8. The molecule has 23 heavy (non-hydrogen) atoms. The van der Waals surface area contributed by atoms with Crippen molar-refractivity contribution in [1.82, 2.24) is 0 Å². The molecule has 0 aliphatic heterocycles. The Labute approximate surface area is 144 Å². The highest BCUT2D eigenvalue weighted by atomic mass is 28.4. The first-order valence-corrected chi connectivity index (χ1v) is 12.1. The highest BCUT2D eigenvalue weighted by Crippen LogP contribution is 2.29. The Hall–Kier alpha value is -1.12. The van der Waals surface area contributed by atoms with Crippen LogP contribution in [0, 0.1) is 0 Å². The largest absolute Gasteiger partial charge is 0.410 e. The van der Waals surface area contributed by atoms with Crippen LogP contribution in [0.1, 0.15) is 57.6 Å². The summed E-state index contributed by atoms with van der Waals surface area (Å²) in [5, 5.41) is 0. The van der Waals surface area contributed by atoms with Gasteiger partial charge in [-0.25, -0.2) is 0 Å². The lowest BCUT2D eigenvalue weighted by molar-refractivity contribution is 0.196. The van der Waals surface area contributed by atoms with Crippen molar-refractivity contribution >= 4 is 8.32 Å². The molecule has 0 saturated heterocycles. The number of rotatable bonds is 11. The van der Waals surface area contributed by atoms with Crippen molar-refractivity contribution in [3.8, 4) is 0 Å². The summed E-state index contributed by atoms with van der Waals surface area (Å²) >= 11 is 0. The third-order valence-corrected chi connectivity index (χ3v) is 6.06. The molecule has 1 aromatic carbocycles. The lowest BCUT2D eigenvalue weighted by Gasteiger charge is -2.29. The van der Waals surface area contributed by atoms with Crippen LogP contribution in [0.3, 0.4) is 0 Å². The van der Waals surface area contributed by atoms with Crippen LogP contribution < -0.4 is 0 Å². The van der Waals surface area contributed by atoms with E-state index in [2.05, 4.69) is 76.0 Å². The Kier molecular flexibility index (Phi) is 9.19. The van der Waals surface area contributed by atoms with E-state index in [1.807, 2.05) is 0 Å². The van der Waals surface area contributed by atoms with E-state index in [0.29, 0.717) is 0 Å². The number of allylic oxidation sites excluding steroid dienone is 2. The molecular formula is C21H34OSi. The fourth-order valence-electron chi connectivity index (χ4n) is 2.64. The summed E-state index contributed by atoms with van der Waals surface area (Å²) < 4.78 is 6.59. The van der Waals surface area contributed by atoms with E-state index in [1.54, 1.807) is 0 Å². The molecule has 0 bridgehead atoms. The highest BCUT2D eigenvalue weighted by molar-refractivity contribution is 6.71. The molecule has 0 saturated carbocycles. The van der Waals surface area contributed by atoms with Gasteiger partial charge in [-0.15, -0.1) is 6.58 Å². The van der Waals surface area contributed by atoms with E-state index in [1.165, 1.54) is 36.8 Å². The van der Waals surface area contributed by atoms with Crippen LogP contribution >= 0.6 is 0 Å². The molecule has 0 radical (unpaired) electrons. The second kappa shape index (κ2) is 10.6. The molecule has 2 heteroatoms. The van der Waals surface area contributed by atoms with Gasteiger partial charge in [0.15, 0.2) is 8.32 Å². The van der Waals surface area contributed by atoms with Crippen molar-refractivity contribution in [2.75, 3.05) is 0 Å². The number of benzene rings is 1. The second-order valence-electron chi connectivity index (χ2n) is 7.11. The van der Waals surface area contributed by atoms with E-state index in [-0.39, 0.29) is 6.10 Å². The van der Waals surface area contributed by atoms with Gasteiger partial charge in [-0.3, -0.25) is 0 Å². The van der Waals surface area contributed by atoms with Crippen LogP contribution in [-0.2, 0) is 4.43 Å². The zero-order valence-electron chi connectivity index (χ0n) is 15.5. The topological polar surface area (TPSA) is 9.23 Å². The molecule has 1 unspecified atom stereocenters. The highest BCUT2D eigenvalue weighted by Gasteiger charge is 2.26. The molecule has 0 aliphatic rings. The molecule has 0 N–H and O–H groups in total. The van der Waals surface area contributed by atoms with E-state index in [0.717, 1.165) is 12.5 Å². The summed E-state index contributed by atoms with van der Waals surface area (Å²) in [6, 6.07) is 11.7. The Bertz CT molecular complexity index is 476. The predicted octanol–water partition coefficient (Wildman–Crippen LogP) is 7.05. The minimum Gasteiger partial charge on any atom is -0.410 e. The first-order chi connectivity index (χ1) is 10.9. The van der Waals surface area contributed by atoms with Crippen LogP contribution in [-0.4, -0.2) is 8.32 Å². The molecule has 128 valence electrons. The number of unbranched alkanes of at least 4 members (excludes halogenated alkanes) is 3. The van der Waals surface area contributed by atoms with Crippen molar-refractivity contribution in [1.29, 1.82) is 0 Å². The van der Waals surface area contributed by atoms with Crippen LogP contribution in [0.5, 0.6) is 0 Å². The molecule has 1 nitrogen and oxygen atoms in total. The Balaban J connectivity index is 2.60. The Morgan fingerprint density at radius 2 is 1.87 bits per heavy atom. The maximum Gasteiger partial charge on any atom is 0.191 e. The van der Waals surface area contributed by atoms with E-state index >= 15 is 0 Å². The second-order valence-corrected chi connectivity index (χ2v) is 11.3. The third-order valence-electron chi connectivity index (χ3n) is 3.92. The van der Waals surface area contributed by atoms with E-state index in [4.69, 9.17) is 4.43 Å². The average Bonchev–Trinajstić information content (AvgIpc) is 2.50. The maximum absolute atomic E-state index is 6.59. The normalized spacial score (nSPS) is 13.4. The molecule has 0 amide bonds. The first-order valence-electron chi connectivity index (χ1n) is 8.97. The minimum absolute atomic E-state index is 0.142. The van der Waals surface area contributed by atoms with Gasteiger partial charge < -0.3 is 4.43 Å². The lowest BCUT2D eigenvalue weighted by Crippen LogP contribution is -2.31. The molecule has 1 aromatic rings. The van der Waals surface area contributed by atoms with Crippen molar-refractivity contribution in [3.05, 3.63) is 60.2 Å². The van der Waals surface area contributed by atoms with E-state index in [9.17, 15) is 0 Å². The molecule has 1 rings (SSSR count). The predicted molar refractivity (Wildman–Crippen MR) is 105 cm³/mol. The molecule has 0 heterocycles. The summed E-state index contributed by atoms with van der Waals surface area (Å²) in [5.74, 6) is 0. The minimum atomic E-state index is -1.71. The third kappa shape index (κ3) is 8.92. The van der Waals surface area contributed by atoms with Crippen LogP contribution in [0.2, 0.25) is 19.1 Å². The monoisotopic (exact) mass is 330 g/mol. The number of hydrogen-bond donors (Lipinski definition) is 0. The standard InChI is InChI=1S/C21H34OSi/c1-6-7-8-9-10-14-17-23(4,5)22-21(18-19(2)3)20-15-12-11-13-16-20/h10-16,21H,2,6-9,17-18H2,1,3-5H3/b14-10+. The van der Waals surface area contributed by atoms with Gasteiger partial charge in [-0.1, -0.05) is 67.8 Å². The summed E-state index contributed by atoms with van der Waals surface area (Å²) in [6.45, 7) is 13.0. The zero-order valence-corrected chi connectivity index (χ0v) is 16.5. The fourth-order valence-corrected chi connectivity index (χ4v) is 4.46. The SMILES string of the molecule is C=C(C)CC(O[Si](C)(C)C/C=C/CCCCC)c1ccccc1. The molecular weight excluding hydrogens is 296 g/mol. The van der Waals surface area contributed by atoms with Gasteiger partial charge in [0.2, 0.25) is 0 Å². The summed E-state index contributed by atoms with van der Waals surface area (Å²) in [4.78, 5) is 0. The van der Waals surface area contributed by atoms with Gasteiger partial charge in [0, 0.05) is 0 Å². The summed E-state index contributed by atoms with van der Waals surface area (Å²) in [7, 11) is -1.71. The fraction of sp³-hybridized carbons (Fsp3) is 0.524. The van der Waals surface area contributed by atoms with Gasteiger partial charge in [0.25, 0.3) is 0 Å². The molecule has 0 spiro atoms. The Morgan fingerprint density at radius 1 is 1.17 bits per heavy atom. The first kappa shape index (κ1) is 19.9. The van der Waals surface area contributed by atoms with Crippen molar-refractivity contribution < 1.29 is 4.43 Å². The van der Waals surface area contributed by atoms with Crippen molar-refractivity contribution in [2.45, 2.75) is 71.2 Å². The summed E-state index contributed by atoms with van der Waals surface area (Å²) in [5.41, 5.74) is 2.45. The van der Waals surface area contributed by atoms with Crippen LogP contribution in [0.4, 0.5) is 0 Å². The van der Waals surface area contributed by atoms with Crippen LogP contribution in [0.25, 0.3) is 0 Å². The molecule has 0 fully saturated rings. The average molecular weight is 331 g/mol. The smallest absolute Gasteiger partial charge is 0.191 e. The van der Waals surface area contributed by atoms with E-state index < -0.39 is 8.32 Å². The molecule has 0 aromatic heterocycles. The molecule has 1 atom stereocenters. The number of hydrogen-bond acceptors (Lipinski definition) is 1. The van der Waals surface area contributed by atoms with Crippen molar-refractivity contribution in [3.63, 3.8) is 0 Å². The van der Waals surface area contributed by atoms with Gasteiger partial charge in [-0.05, 0) is 50.9 Å². The Morgan fingerprint density at radius 3 is 2.48 bits per heavy atom. The van der Waals surface area contributed by atoms with Gasteiger partial charge in [0.05, 0.1) is 6.10 Å². The van der Waals surface area contributed by atoms with Crippen LogP contribution in [0.15, 0.2) is 54.6 Å². The zero-order chi connectivity index (χ0) is 17.1. The van der Waals surface area contributed by atoms with Crippen molar-refractivity contribution in [2.24, 2.45) is 0 Å². The van der Waals surface area contributed by atoms with Gasteiger partial charge in [-0.2, -0.15) is 0 Å². The quantitative estimate of drug-likeness (QED) is 0.240. The van der Waals surface area contributed by atoms with Gasteiger partial charge in [0.1, 0.15) is 0 Å². The van der Waals surface area contributed by atoms with Gasteiger partial charge >= 0.3 is 0 Å². The maximum atomic E-state index is 6.59.